The van der Waals surface area contributed by atoms with Gasteiger partial charge in [0.1, 0.15) is 0 Å². The maximum Gasteiger partial charge on any atom is 0.0680 e. The number of likely N-dealkylation sites (tertiary alicyclic amines) is 1. The minimum atomic E-state index is -0.136. The van der Waals surface area contributed by atoms with Gasteiger partial charge in [-0.3, -0.25) is 4.90 Å². The van der Waals surface area contributed by atoms with Crippen LogP contribution in [-0.2, 0) is 0 Å². The molecule has 0 aromatic carbocycles. The number of aliphatic hydroxyl groups excluding tert-OH is 1. The molecular formula is C9H18INO. The molecule has 0 saturated carbocycles. The summed E-state index contributed by atoms with van der Waals surface area (Å²) in [7, 11) is 0. The molecule has 2 nitrogen and oxygen atoms in total. The Morgan fingerprint density at radius 3 is 2.58 bits per heavy atom. The molecule has 72 valence electrons. The van der Waals surface area contributed by atoms with Gasteiger partial charge < -0.3 is 5.11 Å². The van der Waals surface area contributed by atoms with Crippen LogP contribution < -0.4 is 0 Å². The molecule has 1 aliphatic rings. The Kier molecular flexibility index (Phi) is 3.40. The number of halogens is 1. The van der Waals surface area contributed by atoms with Crippen molar-refractivity contribution in [3.8, 4) is 0 Å². The van der Waals surface area contributed by atoms with Gasteiger partial charge in [-0.1, -0.05) is 22.6 Å². The van der Waals surface area contributed by atoms with Gasteiger partial charge in [0, 0.05) is 22.6 Å². The highest BCUT2D eigenvalue weighted by atomic mass is 127. The molecule has 0 amide bonds. The summed E-state index contributed by atoms with van der Waals surface area (Å²) in [6.07, 6.45) is 0.791. The first-order valence-corrected chi connectivity index (χ1v) is 5.59. The second kappa shape index (κ2) is 3.80. The van der Waals surface area contributed by atoms with Gasteiger partial charge in [0.25, 0.3) is 0 Å². The van der Waals surface area contributed by atoms with Gasteiger partial charge in [-0.05, 0) is 27.2 Å². The first-order chi connectivity index (χ1) is 5.41. The molecule has 0 aromatic heterocycles. The van der Waals surface area contributed by atoms with Crippen LogP contribution in [0.4, 0.5) is 0 Å². The van der Waals surface area contributed by atoms with Gasteiger partial charge in [-0.2, -0.15) is 0 Å². The van der Waals surface area contributed by atoms with E-state index >= 15 is 0 Å². The van der Waals surface area contributed by atoms with E-state index in [1.165, 1.54) is 0 Å². The second-order valence-electron chi connectivity index (χ2n) is 4.29. The van der Waals surface area contributed by atoms with E-state index in [9.17, 15) is 5.11 Å². The smallest absolute Gasteiger partial charge is 0.0680 e. The number of nitrogens with zero attached hydrogens (tertiary/aromatic N) is 1. The summed E-state index contributed by atoms with van der Waals surface area (Å²) in [5.41, 5.74) is 0. The van der Waals surface area contributed by atoms with Crippen molar-refractivity contribution in [2.45, 2.75) is 42.8 Å². The third-order valence-electron chi connectivity index (χ3n) is 2.37. The Bertz CT molecular complexity index is 159. The van der Waals surface area contributed by atoms with Crippen molar-refractivity contribution < 1.29 is 5.11 Å². The lowest BCUT2D eigenvalue weighted by molar-refractivity contribution is 0.0433. The molecule has 12 heavy (non-hydrogen) atoms. The molecule has 0 unspecified atom stereocenters. The molecule has 0 aliphatic carbocycles. The Hall–Kier alpha value is 0.650. The summed E-state index contributed by atoms with van der Waals surface area (Å²) < 4.78 is 0.250. The summed E-state index contributed by atoms with van der Waals surface area (Å²) in [6.45, 7) is 8.53. The maximum absolute atomic E-state index is 9.62. The van der Waals surface area contributed by atoms with E-state index in [4.69, 9.17) is 0 Å². The highest BCUT2D eigenvalue weighted by molar-refractivity contribution is 14.1. The fraction of sp³-hybridized carbons (Fsp3) is 1.00. The lowest BCUT2D eigenvalue weighted by Gasteiger charge is -2.41. The van der Waals surface area contributed by atoms with Crippen LogP contribution in [0.5, 0.6) is 0 Å². The minimum Gasteiger partial charge on any atom is -0.392 e. The van der Waals surface area contributed by atoms with Gasteiger partial charge in [0.15, 0.2) is 0 Å². The van der Waals surface area contributed by atoms with E-state index in [2.05, 4.69) is 48.3 Å². The summed E-state index contributed by atoms with van der Waals surface area (Å²) in [6, 6.07) is 0.550. The average Bonchev–Trinajstić information content (AvgIpc) is 1.82. The highest BCUT2D eigenvalue weighted by Gasteiger charge is 2.33. The molecule has 1 fully saturated rings. The van der Waals surface area contributed by atoms with E-state index < -0.39 is 0 Å². The molecule has 0 aromatic rings. The number of alkyl halides is 1. The van der Waals surface area contributed by atoms with E-state index in [0.29, 0.717) is 6.04 Å². The van der Waals surface area contributed by atoms with Crippen LogP contribution in [0.3, 0.4) is 0 Å². The van der Waals surface area contributed by atoms with E-state index in [0.717, 1.165) is 19.5 Å². The molecular weight excluding hydrogens is 265 g/mol. The van der Waals surface area contributed by atoms with Gasteiger partial charge in [0.2, 0.25) is 0 Å². The minimum absolute atomic E-state index is 0.136. The van der Waals surface area contributed by atoms with E-state index in [1.807, 2.05) is 0 Å². The van der Waals surface area contributed by atoms with Crippen molar-refractivity contribution in [2.24, 2.45) is 0 Å². The Labute approximate surface area is 88.5 Å². The monoisotopic (exact) mass is 283 g/mol. The fourth-order valence-electron chi connectivity index (χ4n) is 1.77. The molecule has 1 rings (SSSR count). The molecule has 3 heteroatoms. The van der Waals surface area contributed by atoms with Crippen molar-refractivity contribution in [3.05, 3.63) is 0 Å². The van der Waals surface area contributed by atoms with Gasteiger partial charge in [-0.25, -0.2) is 0 Å². The zero-order valence-corrected chi connectivity index (χ0v) is 10.2. The van der Waals surface area contributed by atoms with E-state index in [1.54, 1.807) is 0 Å². The van der Waals surface area contributed by atoms with Gasteiger partial charge in [-0.15, -0.1) is 0 Å². The number of hydrogen-bond acceptors (Lipinski definition) is 2. The molecule has 0 bridgehead atoms. The molecule has 2 atom stereocenters. The lowest BCUT2D eigenvalue weighted by atomic mass is 9.97. The molecule has 1 heterocycles. The van der Waals surface area contributed by atoms with Crippen LogP contribution in [0, 0.1) is 0 Å². The third-order valence-corrected chi connectivity index (χ3v) is 3.15. The Balaban J connectivity index is 2.58. The maximum atomic E-state index is 9.62. The predicted octanol–water partition coefficient (Wildman–Crippen LogP) is 1.66. The summed E-state index contributed by atoms with van der Waals surface area (Å²) in [4.78, 5) is 2.35. The van der Waals surface area contributed by atoms with Crippen molar-refractivity contribution in [3.63, 3.8) is 0 Å². The summed E-state index contributed by atoms with van der Waals surface area (Å²) >= 11 is 2.45. The number of aliphatic hydroxyl groups is 1. The SMILES string of the molecule is CC(C)N1C[C@H](O)C[C@@](C)(I)C1. The largest absolute Gasteiger partial charge is 0.392 e. The van der Waals surface area contributed by atoms with Crippen LogP contribution in [0.2, 0.25) is 0 Å². The third kappa shape index (κ3) is 2.85. The molecule has 1 saturated heterocycles. The topological polar surface area (TPSA) is 23.5 Å². The second-order valence-corrected chi connectivity index (χ2v) is 6.90. The molecule has 0 spiro atoms. The Morgan fingerprint density at radius 1 is 1.58 bits per heavy atom. The van der Waals surface area contributed by atoms with Crippen molar-refractivity contribution in [1.82, 2.24) is 4.90 Å². The summed E-state index contributed by atoms with van der Waals surface area (Å²) in [5, 5.41) is 9.62. The molecule has 1 aliphatic heterocycles. The van der Waals surface area contributed by atoms with Crippen molar-refractivity contribution >= 4 is 22.6 Å². The number of rotatable bonds is 1. The standard InChI is InChI=1S/C9H18INO/c1-7(2)11-5-8(12)4-9(3,10)6-11/h7-8,12H,4-6H2,1-3H3/t8-,9-/m1/s1. The fourth-order valence-corrected chi connectivity index (χ4v) is 2.72. The van der Waals surface area contributed by atoms with E-state index in [-0.39, 0.29) is 9.53 Å². The van der Waals surface area contributed by atoms with Gasteiger partial charge in [0.05, 0.1) is 6.10 Å². The zero-order valence-electron chi connectivity index (χ0n) is 8.05. The van der Waals surface area contributed by atoms with Crippen LogP contribution in [0.25, 0.3) is 0 Å². The lowest BCUT2D eigenvalue weighted by Crippen LogP contribution is -2.51. The van der Waals surface area contributed by atoms with Crippen LogP contribution in [0.15, 0.2) is 0 Å². The zero-order chi connectivity index (χ0) is 9.35. The average molecular weight is 283 g/mol. The summed E-state index contributed by atoms with van der Waals surface area (Å²) in [5.74, 6) is 0. The van der Waals surface area contributed by atoms with Crippen LogP contribution in [0.1, 0.15) is 27.2 Å². The number of β-amino-alcohol motifs (C(OH)–C–C–N with tert-alkyl or cyclic N) is 1. The number of hydrogen-bond donors (Lipinski definition) is 1. The van der Waals surface area contributed by atoms with Crippen molar-refractivity contribution in [1.29, 1.82) is 0 Å². The quantitative estimate of drug-likeness (QED) is 0.584. The normalized spacial score (nSPS) is 39.0. The highest BCUT2D eigenvalue weighted by Crippen LogP contribution is 2.30. The van der Waals surface area contributed by atoms with Gasteiger partial charge >= 0.3 is 0 Å². The first kappa shape index (κ1) is 10.7. The molecule has 0 radical (unpaired) electrons. The first-order valence-electron chi connectivity index (χ1n) is 4.52. The van der Waals surface area contributed by atoms with Crippen molar-refractivity contribution in [2.75, 3.05) is 13.1 Å². The van der Waals surface area contributed by atoms with Crippen LogP contribution in [-0.4, -0.2) is 38.7 Å². The number of piperidine rings is 1. The molecule has 1 N–H and O–H groups in total. The predicted molar refractivity (Wildman–Crippen MR) is 59.8 cm³/mol. The van der Waals surface area contributed by atoms with Crippen LogP contribution >= 0.6 is 22.6 Å². The Morgan fingerprint density at radius 2 is 2.17 bits per heavy atom.